The van der Waals surface area contributed by atoms with Gasteiger partial charge in [-0.25, -0.2) is 0 Å². The summed E-state index contributed by atoms with van der Waals surface area (Å²) in [7, 11) is 4.96. The first-order valence-electron chi connectivity index (χ1n) is 7.56. The highest BCUT2D eigenvalue weighted by Crippen LogP contribution is 2.28. The number of nitrogens with one attached hydrogen (secondary N) is 1. The molecule has 7 heteroatoms. The molecule has 0 aromatic heterocycles. The van der Waals surface area contributed by atoms with Gasteiger partial charge < -0.3 is 14.8 Å². The van der Waals surface area contributed by atoms with Gasteiger partial charge in [0.2, 0.25) is 5.91 Å². The molecule has 0 aliphatic heterocycles. The normalized spacial score (nSPS) is 10.6. The molecular weight excluding hydrogens is 363 g/mol. The molecule has 0 heterocycles. The fourth-order valence-electron chi connectivity index (χ4n) is 2.42. The van der Waals surface area contributed by atoms with E-state index in [4.69, 9.17) is 32.7 Å². The van der Waals surface area contributed by atoms with Crippen molar-refractivity contribution >= 4 is 34.8 Å². The fourth-order valence-corrected chi connectivity index (χ4v) is 2.99. The van der Waals surface area contributed by atoms with Crippen LogP contribution in [0.1, 0.15) is 5.56 Å². The predicted octanol–water partition coefficient (Wildman–Crippen LogP) is 4.08. The van der Waals surface area contributed by atoms with Crippen LogP contribution >= 0.6 is 23.2 Å². The topological polar surface area (TPSA) is 50.8 Å². The second kappa shape index (κ2) is 8.94. The molecule has 0 unspecified atom stereocenters. The van der Waals surface area contributed by atoms with Gasteiger partial charge in [-0.2, -0.15) is 0 Å². The maximum Gasteiger partial charge on any atom is 0.238 e. The minimum absolute atomic E-state index is 0.165. The molecular formula is C18H20Cl2N2O3. The molecule has 0 aliphatic carbocycles. The number of hydrogen-bond acceptors (Lipinski definition) is 4. The van der Waals surface area contributed by atoms with Crippen LogP contribution in [-0.2, 0) is 11.3 Å². The standard InChI is InChI=1S/C18H20Cl2N2O3/c1-22(10-12-6-13(19)8-14(20)7-12)11-18(23)21-16-9-15(24-2)4-5-17(16)25-3/h4-9H,10-11H2,1-3H3,(H,21,23). The number of benzene rings is 2. The molecule has 2 aromatic rings. The zero-order chi connectivity index (χ0) is 18.4. The van der Waals surface area contributed by atoms with Crippen molar-refractivity contribution in [3.8, 4) is 11.5 Å². The molecule has 0 atom stereocenters. The van der Waals surface area contributed by atoms with Crippen molar-refractivity contribution < 1.29 is 14.3 Å². The molecule has 0 saturated carbocycles. The Morgan fingerprint density at radius 2 is 1.76 bits per heavy atom. The minimum atomic E-state index is -0.165. The van der Waals surface area contributed by atoms with Gasteiger partial charge in [-0.15, -0.1) is 0 Å². The first kappa shape index (κ1) is 19.4. The summed E-state index contributed by atoms with van der Waals surface area (Å²) in [5, 5.41) is 3.98. The maximum absolute atomic E-state index is 12.3. The molecule has 0 bridgehead atoms. The first-order chi connectivity index (χ1) is 11.9. The monoisotopic (exact) mass is 382 g/mol. The average molecular weight is 383 g/mol. The van der Waals surface area contributed by atoms with Gasteiger partial charge in [-0.3, -0.25) is 9.69 Å². The van der Waals surface area contributed by atoms with E-state index in [1.165, 1.54) is 0 Å². The molecule has 0 radical (unpaired) electrons. The van der Waals surface area contributed by atoms with Crippen LogP contribution in [-0.4, -0.2) is 38.6 Å². The molecule has 0 spiro atoms. The van der Waals surface area contributed by atoms with E-state index >= 15 is 0 Å². The van der Waals surface area contributed by atoms with Crippen molar-refractivity contribution in [2.45, 2.75) is 6.54 Å². The number of halogens is 2. The lowest BCUT2D eigenvalue weighted by atomic mass is 10.2. The molecule has 134 valence electrons. The number of hydrogen-bond donors (Lipinski definition) is 1. The van der Waals surface area contributed by atoms with E-state index in [2.05, 4.69) is 5.32 Å². The third-order valence-corrected chi connectivity index (χ3v) is 3.91. The van der Waals surface area contributed by atoms with Crippen LogP contribution < -0.4 is 14.8 Å². The Labute approximate surface area is 157 Å². The first-order valence-corrected chi connectivity index (χ1v) is 8.32. The SMILES string of the molecule is COc1ccc(OC)c(NC(=O)CN(C)Cc2cc(Cl)cc(Cl)c2)c1. The molecule has 25 heavy (non-hydrogen) atoms. The third kappa shape index (κ3) is 5.81. The van der Waals surface area contributed by atoms with Gasteiger partial charge in [-0.05, 0) is 42.9 Å². The molecule has 0 saturated heterocycles. The van der Waals surface area contributed by atoms with Crippen molar-refractivity contribution in [2.75, 3.05) is 33.1 Å². The highest BCUT2D eigenvalue weighted by atomic mass is 35.5. The van der Waals surface area contributed by atoms with E-state index in [1.807, 2.05) is 24.1 Å². The van der Waals surface area contributed by atoms with Crippen molar-refractivity contribution in [3.63, 3.8) is 0 Å². The summed E-state index contributed by atoms with van der Waals surface area (Å²) in [6, 6.07) is 10.6. The van der Waals surface area contributed by atoms with E-state index in [9.17, 15) is 4.79 Å². The van der Waals surface area contributed by atoms with E-state index < -0.39 is 0 Å². The average Bonchev–Trinajstić information content (AvgIpc) is 2.53. The summed E-state index contributed by atoms with van der Waals surface area (Å²) in [4.78, 5) is 14.2. The van der Waals surface area contributed by atoms with Crippen LogP contribution in [0.4, 0.5) is 5.69 Å². The van der Waals surface area contributed by atoms with Gasteiger partial charge >= 0.3 is 0 Å². The summed E-state index contributed by atoms with van der Waals surface area (Å²) >= 11 is 12.0. The molecule has 2 rings (SSSR count). The Balaban J connectivity index is 1.99. The van der Waals surface area contributed by atoms with Crippen molar-refractivity contribution in [3.05, 3.63) is 52.0 Å². The van der Waals surface area contributed by atoms with Crippen molar-refractivity contribution in [1.82, 2.24) is 4.90 Å². The zero-order valence-electron chi connectivity index (χ0n) is 14.3. The second-order valence-corrected chi connectivity index (χ2v) is 6.44. The van der Waals surface area contributed by atoms with Gasteiger partial charge in [0.1, 0.15) is 11.5 Å². The smallest absolute Gasteiger partial charge is 0.238 e. The number of methoxy groups -OCH3 is 2. The Bertz CT molecular complexity index is 733. The van der Waals surface area contributed by atoms with Crippen molar-refractivity contribution in [1.29, 1.82) is 0 Å². The van der Waals surface area contributed by atoms with E-state index in [0.29, 0.717) is 33.8 Å². The number of carbonyl (C=O) groups is 1. The van der Waals surface area contributed by atoms with Gasteiger partial charge in [0.15, 0.2) is 0 Å². The summed E-state index contributed by atoms with van der Waals surface area (Å²) in [5.74, 6) is 1.04. The van der Waals surface area contributed by atoms with Gasteiger partial charge in [0.25, 0.3) is 0 Å². The molecule has 0 fully saturated rings. The lowest BCUT2D eigenvalue weighted by Gasteiger charge is -2.18. The largest absolute Gasteiger partial charge is 0.497 e. The van der Waals surface area contributed by atoms with Crippen LogP contribution in [0.2, 0.25) is 10.0 Å². The number of carbonyl (C=O) groups excluding carboxylic acids is 1. The van der Waals surface area contributed by atoms with Crippen LogP contribution in [0.5, 0.6) is 11.5 Å². The Hall–Kier alpha value is -1.95. The summed E-state index contributed by atoms with van der Waals surface area (Å²) in [5.41, 5.74) is 1.50. The number of rotatable bonds is 7. The number of anilines is 1. The third-order valence-electron chi connectivity index (χ3n) is 3.47. The Morgan fingerprint density at radius 3 is 2.36 bits per heavy atom. The van der Waals surface area contributed by atoms with E-state index in [-0.39, 0.29) is 12.5 Å². The highest BCUT2D eigenvalue weighted by molar-refractivity contribution is 6.34. The van der Waals surface area contributed by atoms with Crippen LogP contribution in [0, 0.1) is 0 Å². The van der Waals surface area contributed by atoms with Crippen molar-refractivity contribution in [2.24, 2.45) is 0 Å². The van der Waals surface area contributed by atoms with Crippen LogP contribution in [0.15, 0.2) is 36.4 Å². The number of nitrogens with zero attached hydrogens (tertiary/aromatic N) is 1. The fraction of sp³-hybridized carbons (Fsp3) is 0.278. The lowest BCUT2D eigenvalue weighted by Crippen LogP contribution is -2.30. The lowest BCUT2D eigenvalue weighted by molar-refractivity contribution is -0.117. The Morgan fingerprint density at radius 1 is 1.08 bits per heavy atom. The van der Waals surface area contributed by atoms with Crippen LogP contribution in [0.25, 0.3) is 0 Å². The number of likely N-dealkylation sites (N-methyl/N-ethyl adjacent to an activating group) is 1. The van der Waals surface area contributed by atoms with Gasteiger partial charge in [0, 0.05) is 22.7 Å². The molecule has 2 aromatic carbocycles. The quantitative estimate of drug-likeness (QED) is 0.783. The molecule has 5 nitrogen and oxygen atoms in total. The van der Waals surface area contributed by atoms with Gasteiger partial charge in [0.05, 0.1) is 26.5 Å². The van der Waals surface area contributed by atoms with E-state index in [0.717, 1.165) is 5.56 Å². The predicted molar refractivity (Wildman–Crippen MR) is 101 cm³/mol. The highest BCUT2D eigenvalue weighted by Gasteiger charge is 2.12. The Kier molecular flexibility index (Phi) is 6.93. The minimum Gasteiger partial charge on any atom is -0.497 e. The number of amides is 1. The molecule has 1 N–H and O–H groups in total. The second-order valence-electron chi connectivity index (χ2n) is 5.56. The summed E-state index contributed by atoms with van der Waals surface area (Å²) in [6.45, 7) is 0.743. The maximum atomic E-state index is 12.3. The van der Waals surface area contributed by atoms with E-state index in [1.54, 1.807) is 38.5 Å². The van der Waals surface area contributed by atoms with Crippen LogP contribution in [0.3, 0.4) is 0 Å². The number of ether oxygens (including phenoxy) is 2. The molecule has 0 aliphatic rings. The summed E-state index contributed by atoms with van der Waals surface area (Å²) in [6.07, 6.45) is 0. The van der Waals surface area contributed by atoms with Gasteiger partial charge in [-0.1, -0.05) is 23.2 Å². The summed E-state index contributed by atoms with van der Waals surface area (Å²) < 4.78 is 10.4. The zero-order valence-corrected chi connectivity index (χ0v) is 15.8. The molecule has 1 amide bonds.